The second kappa shape index (κ2) is 5.69. The van der Waals surface area contributed by atoms with Crippen LogP contribution in [0, 0.1) is 0 Å². The molecule has 1 aromatic heterocycles. The first kappa shape index (κ1) is 13.2. The highest BCUT2D eigenvalue weighted by atomic mass is 35.5. The smallest absolute Gasteiger partial charge is 0.267 e. The number of carbonyl (C=O) groups is 1. The monoisotopic (exact) mass is 289 g/mol. The zero-order valence-corrected chi connectivity index (χ0v) is 11.7. The number of carbonyl (C=O) groups excluding carboxylic acids is 1. The molecule has 1 aromatic carbocycles. The van der Waals surface area contributed by atoms with Gasteiger partial charge in [0.25, 0.3) is 5.91 Å². The van der Waals surface area contributed by atoms with Crippen molar-refractivity contribution >= 4 is 17.5 Å². The topological polar surface area (TPSA) is 56.9 Å². The van der Waals surface area contributed by atoms with Gasteiger partial charge in [0.2, 0.25) is 0 Å². The van der Waals surface area contributed by atoms with Gasteiger partial charge in [0, 0.05) is 18.8 Å². The number of H-pyrrole nitrogens is 1. The molecule has 104 valence electrons. The number of hydrogen-bond acceptors (Lipinski definition) is 2. The third-order valence-electron chi connectivity index (χ3n) is 3.57. The number of nitrogens with one attached hydrogen (secondary N) is 3. The fourth-order valence-electron chi connectivity index (χ4n) is 2.56. The lowest BCUT2D eigenvalue weighted by Gasteiger charge is -2.27. The molecule has 1 unspecified atom stereocenters. The van der Waals surface area contributed by atoms with E-state index in [-0.39, 0.29) is 11.9 Å². The molecule has 2 heterocycles. The highest BCUT2D eigenvalue weighted by Crippen LogP contribution is 2.21. The molecule has 1 aliphatic rings. The zero-order chi connectivity index (χ0) is 13.9. The summed E-state index contributed by atoms with van der Waals surface area (Å²) in [6.45, 7) is 1.50. The van der Waals surface area contributed by atoms with Crippen molar-refractivity contribution in [3.8, 4) is 0 Å². The highest BCUT2D eigenvalue weighted by Gasteiger charge is 2.20. The van der Waals surface area contributed by atoms with E-state index in [0.29, 0.717) is 17.3 Å². The normalized spacial score (nSPS) is 17.6. The number of rotatable bonds is 3. The summed E-state index contributed by atoms with van der Waals surface area (Å²) in [5, 5.41) is 6.91. The van der Waals surface area contributed by atoms with Gasteiger partial charge in [0.05, 0.1) is 5.02 Å². The van der Waals surface area contributed by atoms with Crippen LogP contribution >= 0.6 is 11.6 Å². The molecular weight excluding hydrogens is 274 g/mol. The van der Waals surface area contributed by atoms with Crippen LogP contribution in [0.2, 0.25) is 5.02 Å². The Hall–Kier alpha value is -1.78. The molecule has 3 N–H and O–H groups in total. The van der Waals surface area contributed by atoms with Gasteiger partial charge in [-0.1, -0.05) is 35.9 Å². The van der Waals surface area contributed by atoms with Crippen molar-refractivity contribution in [1.82, 2.24) is 15.6 Å². The van der Waals surface area contributed by atoms with Crippen molar-refractivity contribution in [3.63, 3.8) is 0 Å². The molecule has 3 rings (SSSR count). The quantitative estimate of drug-likeness (QED) is 0.812. The maximum atomic E-state index is 12.0. The van der Waals surface area contributed by atoms with Crippen LogP contribution in [-0.4, -0.2) is 24.0 Å². The van der Waals surface area contributed by atoms with E-state index in [4.69, 9.17) is 11.6 Å². The average Bonchev–Trinajstić information content (AvgIpc) is 2.91. The predicted molar refractivity (Wildman–Crippen MR) is 79.0 cm³/mol. The van der Waals surface area contributed by atoms with Gasteiger partial charge in [0.15, 0.2) is 0 Å². The minimum absolute atomic E-state index is 0.137. The summed E-state index contributed by atoms with van der Waals surface area (Å²) >= 11 is 5.80. The summed E-state index contributed by atoms with van der Waals surface area (Å²) in [4.78, 5) is 14.8. The van der Waals surface area contributed by atoms with Crippen molar-refractivity contribution in [2.45, 2.75) is 12.5 Å². The van der Waals surface area contributed by atoms with Crippen LogP contribution in [0.4, 0.5) is 0 Å². The molecule has 4 nitrogen and oxygen atoms in total. The molecule has 0 bridgehead atoms. The van der Waals surface area contributed by atoms with Gasteiger partial charge < -0.3 is 15.6 Å². The molecule has 0 radical (unpaired) electrons. The van der Waals surface area contributed by atoms with Crippen LogP contribution in [0.5, 0.6) is 0 Å². The summed E-state index contributed by atoms with van der Waals surface area (Å²) in [6.07, 6.45) is 2.64. The summed E-state index contributed by atoms with van der Waals surface area (Å²) < 4.78 is 0. The Balaban J connectivity index is 1.66. The number of aromatic amines is 1. The molecule has 5 heteroatoms. The Labute approximate surface area is 122 Å². The van der Waals surface area contributed by atoms with E-state index in [1.54, 1.807) is 12.3 Å². The second-order valence-corrected chi connectivity index (χ2v) is 5.33. The molecule has 0 fully saturated rings. The minimum Gasteiger partial charge on any atom is -0.356 e. The standard InChI is InChI=1S/C15H16ClN3O/c16-11-7-13(18-8-11)15(20)19-9-14-12-4-2-1-3-10(12)5-6-17-14/h1-4,7-8,14,17-18H,5-6,9H2,(H,19,20). The molecule has 2 aromatic rings. The molecular formula is C15H16ClN3O. The van der Waals surface area contributed by atoms with E-state index in [9.17, 15) is 4.79 Å². The lowest BCUT2D eigenvalue weighted by atomic mass is 9.94. The lowest BCUT2D eigenvalue weighted by Crippen LogP contribution is -2.38. The number of halogens is 1. The minimum atomic E-state index is -0.137. The summed E-state index contributed by atoms with van der Waals surface area (Å²) in [5.74, 6) is -0.137. The summed E-state index contributed by atoms with van der Waals surface area (Å²) in [5.41, 5.74) is 3.11. The summed E-state index contributed by atoms with van der Waals surface area (Å²) in [7, 11) is 0. The Morgan fingerprint density at radius 3 is 3.05 bits per heavy atom. The lowest BCUT2D eigenvalue weighted by molar-refractivity contribution is 0.0944. The number of fused-ring (bicyclic) bond motifs is 1. The van der Waals surface area contributed by atoms with Crippen LogP contribution in [-0.2, 0) is 6.42 Å². The Morgan fingerprint density at radius 2 is 2.25 bits per heavy atom. The zero-order valence-electron chi connectivity index (χ0n) is 10.9. The first-order chi connectivity index (χ1) is 9.74. The average molecular weight is 290 g/mol. The molecule has 0 aliphatic carbocycles. The van der Waals surface area contributed by atoms with Crippen molar-refractivity contribution in [1.29, 1.82) is 0 Å². The van der Waals surface area contributed by atoms with Gasteiger partial charge in [-0.2, -0.15) is 0 Å². The van der Waals surface area contributed by atoms with Crippen LogP contribution in [0.15, 0.2) is 36.5 Å². The second-order valence-electron chi connectivity index (χ2n) is 4.90. The van der Waals surface area contributed by atoms with E-state index < -0.39 is 0 Å². The van der Waals surface area contributed by atoms with E-state index >= 15 is 0 Å². The highest BCUT2D eigenvalue weighted by molar-refractivity contribution is 6.30. The molecule has 1 atom stereocenters. The molecule has 1 amide bonds. The Morgan fingerprint density at radius 1 is 1.40 bits per heavy atom. The molecule has 0 spiro atoms. The van der Waals surface area contributed by atoms with Gasteiger partial charge >= 0.3 is 0 Å². The molecule has 20 heavy (non-hydrogen) atoms. The van der Waals surface area contributed by atoms with Crippen LogP contribution in [0.25, 0.3) is 0 Å². The maximum Gasteiger partial charge on any atom is 0.267 e. The number of hydrogen-bond donors (Lipinski definition) is 3. The van der Waals surface area contributed by atoms with Gasteiger partial charge in [-0.3, -0.25) is 4.79 Å². The van der Waals surface area contributed by atoms with E-state index in [0.717, 1.165) is 13.0 Å². The van der Waals surface area contributed by atoms with E-state index in [2.05, 4.69) is 33.8 Å². The maximum absolute atomic E-state index is 12.0. The van der Waals surface area contributed by atoms with E-state index in [1.807, 2.05) is 6.07 Å². The first-order valence-corrected chi connectivity index (χ1v) is 7.05. The van der Waals surface area contributed by atoms with Crippen molar-refractivity contribution in [2.24, 2.45) is 0 Å². The van der Waals surface area contributed by atoms with Crippen LogP contribution in [0.3, 0.4) is 0 Å². The molecule has 1 aliphatic heterocycles. The van der Waals surface area contributed by atoms with Gasteiger partial charge in [-0.25, -0.2) is 0 Å². The first-order valence-electron chi connectivity index (χ1n) is 6.67. The number of benzene rings is 1. The van der Waals surface area contributed by atoms with Gasteiger partial charge in [-0.15, -0.1) is 0 Å². The van der Waals surface area contributed by atoms with Gasteiger partial charge in [0.1, 0.15) is 5.69 Å². The predicted octanol–water partition coefficient (Wildman–Crippen LogP) is 2.28. The van der Waals surface area contributed by atoms with Crippen molar-refractivity contribution < 1.29 is 4.79 Å². The summed E-state index contributed by atoms with van der Waals surface area (Å²) in [6, 6.07) is 10.1. The molecule has 0 saturated carbocycles. The number of aromatic nitrogens is 1. The molecule has 0 saturated heterocycles. The van der Waals surface area contributed by atoms with Crippen molar-refractivity contribution in [2.75, 3.05) is 13.1 Å². The fourth-order valence-corrected chi connectivity index (χ4v) is 2.73. The van der Waals surface area contributed by atoms with Crippen LogP contribution in [0.1, 0.15) is 27.7 Å². The van der Waals surface area contributed by atoms with Crippen molar-refractivity contribution in [3.05, 3.63) is 58.4 Å². The van der Waals surface area contributed by atoms with Crippen LogP contribution < -0.4 is 10.6 Å². The number of amides is 1. The Kier molecular flexibility index (Phi) is 3.76. The van der Waals surface area contributed by atoms with E-state index in [1.165, 1.54) is 11.1 Å². The van der Waals surface area contributed by atoms with Gasteiger partial charge in [-0.05, 0) is 30.2 Å². The largest absolute Gasteiger partial charge is 0.356 e. The Bertz CT molecular complexity index is 623. The third-order valence-corrected chi connectivity index (χ3v) is 3.79. The fraction of sp³-hybridized carbons (Fsp3) is 0.267. The third kappa shape index (κ3) is 2.71. The SMILES string of the molecule is O=C(NCC1NCCc2ccccc21)c1cc(Cl)c[nH]1.